The number of hydrogen-bond acceptors (Lipinski definition) is 6. The molecule has 35 heavy (non-hydrogen) atoms. The molecular weight excluding hydrogens is 455 g/mol. The van der Waals surface area contributed by atoms with Gasteiger partial charge in [0.25, 0.3) is 11.7 Å². The average molecular weight is 480 g/mol. The van der Waals surface area contributed by atoms with Crippen LogP contribution in [0.4, 0.5) is 4.39 Å². The molecule has 1 aliphatic heterocycles. The lowest BCUT2D eigenvalue weighted by Crippen LogP contribution is -2.31. The van der Waals surface area contributed by atoms with Gasteiger partial charge < -0.3 is 24.3 Å². The molecule has 0 radical (unpaired) electrons. The highest BCUT2D eigenvalue weighted by Crippen LogP contribution is 2.41. The second-order valence-electron chi connectivity index (χ2n) is 8.31. The molecule has 0 aliphatic carbocycles. The van der Waals surface area contributed by atoms with Crippen molar-refractivity contribution in [1.29, 1.82) is 0 Å². The van der Waals surface area contributed by atoms with E-state index in [9.17, 15) is 23.9 Å². The Morgan fingerprint density at radius 2 is 1.91 bits per heavy atom. The van der Waals surface area contributed by atoms with Gasteiger partial charge in [0.05, 0.1) is 25.1 Å². The maximum Gasteiger partial charge on any atom is 0.354 e. The molecule has 9 nitrogen and oxygen atoms in total. The van der Waals surface area contributed by atoms with E-state index < -0.39 is 35.3 Å². The van der Waals surface area contributed by atoms with Crippen molar-refractivity contribution in [2.24, 2.45) is 0 Å². The van der Waals surface area contributed by atoms with Crippen molar-refractivity contribution in [2.45, 2.75) is 32.9 Å². The van der Waals surface area contributed by atoms with Crippen LogP contribution in [0.1, 0.15) is 45.3 Å². The van der Waals surface area contributed by atoms with Gasteiger partial charge in [-0.15, -0.1) is 0 Å². The molecule has 3 aromatic rings. The summed E-state index contributed by atoms with van der Waals surface area (Å²) in [5, 5.41) is 11.3. The number of esters is 1. The Morgan fingerprint density at radius 3 is 2.54 bits per heavy atom. The number of H-pyrrole nitrogens is 1. The Labute approximate surface area is 200 Å². The van der Waals surface area contributed by atoms with Gasteiger partial charge in [0.1, 0.15) is 17.3 Å². The molecule has 0 saturated carbocycles. The molecule has 0 bridgehead atoms. The summed E-state index contributed by atoms with van der Waals surface area (Å²) in [7, 11) is 1.24. The number of nitrogens with one attached hydrogen (secondary N) is 1. The Bertz CT molecular complexity index is 1310. The number of ether oxygens (including phenoxy) is 1. The number of halogens is 1. The van der Waals surface area contributed by atoms with Crippen molar-refractivity contribution >= 4 is 23.4 Å². The monoisotopic (exact) mass is 480 g/mol. The summed E-state index contributed by atoms with van der Waals surface area (Å²) in [6, 6.07) is 4.53. The molecule has 1 atom stereocenters. The van der Waals surface area contributed by atoms with E-state index in [1.54, 1.807) is 32.6 Å². The number of carbonyl (C=O) groups excluding carboxylic acids is 3. The van der Waals surface area contributed by atoms with E-state index in [-0.39, 0.29) is 23.4 Å². The fraction of sp³-hybridized carbons (Fsp3) is 0.280. The third-order valence-corrected chi connectivity index (χ3v) is 6.16. The molecule has 1 fully saturated rings. The second kappa shape index (κ2) is 9.57. The van der Waals surface area contributed by atoms with Crippen LogP contribution in [-0.2, 0) is 20.9 Å². The lowest BCUT2D eigenvalue weighted by molar-refractivity contribution is -0.139. The van der Waals surface area contributed by atoms with Gasteiger partial charge in [0, 0.05) is 36.7 Å². The molecule has 182 valence electrons. The minimum atomic E-state index is -0.923. The van der Waals surface area contributed by atoms with Crippen LogP contribution in [0.15, 0.2) is 48.6 Å². The fourth-order valence-corrected chi connectivity index (χ4v) is 4.49. The third-order valence-electron chi connectivity index (χ3n) is 6.16. The van der Waals surface area contributed by atoms with Gasteiger partial charge in [-0.1, -0.05) is 12.1 Å². The van der Waals surface area contributed by atoms with Crippen molar-refractivity contribution in [1.82, 2.24) is 19.4 Å². The molecule has 2 aromatic heterocycles. The molecule has 1 aromatic carbocycles. The number of hydrogen-bond donors (Lipinski definition) is 2. The SMILES string of the molecule is COC(=O)c1[nH]c(C)c(C(O)=C2C(=O)C(=O)N(CCCn3ccnc3)[C@@H]2c2ccc(F)cc2)c1C. The third kappa shape index (κ3) is 4.34. The highest BCUT2D eigenvalue weighted by atomic mass is 19.1. The summed E-state index contributed by atoms with van der Waals surface area (Å²) < 4.78 is 20.3. The largest absolute Gasteiger partial charge is 0.507 e. The topological polar surface area (TPSA) is 118 Å². The number of aryl methyl sites for hydroxylation is 2. The molecule has 3 heterocycles. The smallest absolute Gasteiger partial charge is 0.354 e. The van der Waals surface area contributed by atoms with Crippen molar-refractivity contribution in [2.75, 3.05) is 13.7 Å². The quantitative estimate of drug-likeness (QED) is 0.232. The van der Waals surface area contributed by atoms with Crippen LogP contribution < -0.4 is 0 Å². The van der Waals surface area contributed by atoms with Crippen LogP contribution >= 0.6 is 0 Å². The molecule has 4 rings (SSSR count). The number of likely N-dealkylation sites (tertiary alicyclic amines) is 1. The van der Waals surface area contributed by atoms with Crippen molar-refractivity contribution in [3.8, 4) is 0 Å². The maximum atomic E-state index is 13.7. The van der Waals surface area contributed by atoms with Crippen molar-refractivity contribution in [3.05, 3.63) is 82.5 Å². The van der Waals surface area contributed by atoms with E-state index in [1.807, 2.05) is 4.57 Å². The zero-order valence-electron chi connectivity index (χ0n) is 19.5. The zero-order chi connectivity index (χ0) is 25.3. The highest BCUT2D eigenvalue weighted by Gasteiger charge is 2.46. The first-order valence-electron chi connectivity index (χ1n) is 11.0. The van der Waals surface area contributed by atoms with Gasteiger partial charge in [0.2, 0.25) is 0 Å². The van der Waals surface area contributed by atoms with Gasteiger partial charge in [-0.3, -0.25) is 9.59 Å². The average Bonchev–Trinajstić information content (AvgIpc) is 3.52. The highest BCUT2D eigenvalue weighted by molar-refractivity contribution is 6.46. The van der Waals surface area contributed by atoms with E-state index in [1.165, 1.54) is 36.3 Å². The first-order chi connectivity index (χ1) is 16.7. The molecule has 2 N–H and O–H groups in total. The number of methoxy groups -OCH3 is 1. The lowest BCUT2D eigenvalue weighted by atomic mass is 9.94. The van der Waals surface area contributed by atoms with E-state index in [0.29, 0.717) is 29.8 Å². The van der Waals surface area contributed by atoms with Gasteiger partial charge in [0.15, 0.2) is 0 Å². The summed E-state index contributed by atoms with van der Waals surface area (Å²) in [4.78, 5) is 46.7. The number of ketones is 1. The number of benzene rings is 1. The van der Waals surface area contributed by atoms with Gasteiger partial charge in [-0.25, -0.2) is 14.2 Å². The van der Waals surface area contributed by atoms with Crippen LogP contribution in [-0.4, -0.2) is 55.9 Å². The summed E-state index contributed by atoms with van der Waals surface area (Å²) in [5.41, 5.74) is 1.56. The van der Waals surface area contributed by atoms with Gasteiger partial charge in [-0.2, -0.15) is 0 Å². The minimum absolute atomic E-state index is 0.120. The van der Waals surface area contributed by atoms with Crippen LogP contribution in [0.2, 0.25) is 0 Å². The van der Waals surface area contributed by atoms with E-state index >= 15 is 0 Å². The Balaban J connectivity index is 1.79. The predicted octanol–water partition coefficient (Wildman–Crippen LogP) is 3.27. The number of nitrogens with zero attached hydrogens (tertiary/aromatic N) is 3. The van der Waals surface area contributed by atoms with Crippen molar-refractivity contribution in [3.63, 3.8) is 0 Å². The number of rotatable bonds is 7. The number of imidazole rings is 1. The molecule has 0 unspecified atom stereocenters. The molecular formula is C25H25FN4O5. The Hall–Kier alpha value is -4.21. The summed E-state index contributed by atoms with van der Waals surface area (Å²) >= 11 is 0. The minimum Gasteiger partial charge on any atom is -0.507 e. The first kappa shape index (κ1) is 23.9. The molecule has 1 aliphatic rings. The van der Waals surface area contributed by atoms with Gasteiger partial charge in [-0.05, 0) is 43.5 Å². The Morgan fingerprint density at radius 1 is 1.20 bits per heavy atom. The summed E-state index contributed by atoms with van der Waals surface area (Å²) in [6.07, 6.45) is 5.62. The number of carbonyl (C=O) groups is 3. The predicted molar refractivity (Wildman–Crippen MR) is 124 cm³/mol. The number of aliphatic hydroxyl groups excluding tert-OH is 1. The van der Waals surface area contributed by atoms with E-state index in [4.69, 9.17) is 4.74 Å². The van der Waals surface area contributed by atoms with Crippen LogP contribution in [0.3, 0.4) is 0 Å². The summed E-state index contributed by atoms with van der Waals surface area (Å²) in [6.45, 7) is 4.04. The van der Waals surface area contributed by atoms with Crippen LogP contribution in [0.25, 0.3) is 5.76 Å². The number of Topliss-reactive ketones (excluding diaryl/α,β-unsaturated/α-hetero) is 1. The first-order valence-corrected chi connectivity index (χ1v) is 11.0. The molecule has 1 saturated heterocycles. The van der Waals surface area contributed by atoms with Gasteiger partial charge >= 0.3 is 5.97 Å². The summed E-state index contributed by atoms with van der Waals surface area (Å²) in [5.74, 6) is -3.11. The fourth-order valence-electron chi connectivity index (χ4n) is 4.49. The Kier molecular flexibility index (Phi) is 6.54. The molecule has 10 heteroatoms. The lowest BCUT2D eigenvalue weighted by Gasteiger charge is -2.25. The number of aromatic nitrogens is 3. The number of aromatic amines is 1. The second-order valence-corrected chi connectivity index (χ2v) is 8.31. The number of amides is 1. The van der Waals surface area contributed by atoms with Crippen molar-refractivity contribution < 1.29 is 28.6 Å². The molecule has 1 amide bonds. The maximum absolute atomic E-state index is 13.7. The number of aliphatic hydroxyl groups is 1. The normalized spacial score (nSPS) is 17.3. The van der Waals surface area contributed by atoms with E-state index in [0.717, 1.165) is 0 Å². The molecule has 0 spiro atoms. The standard InChI is InChI=1S/C25H25FN4O5/c1-14-18(15(2)28-20(14)25(34)35-3)22(31)19-21(16-5-7-17(26)8-6-16)30(24(33)23(19)32)11-4-10-29-12-9-27-13-29/h5-9,12-13,21,28,31H,4,10-11H2,1-3H3/t21-/m1/s1. The van der Waals surface area contributed by atoms with E-state index in [2.05, 4.69) is 9.97 Å². The zero-order valence-corrected chi connectivity index (χ0v) is 19.5. The van der Waals surface area contributed by atoms with Crippen LogP contribution in [0.5, 0.6) is 0 Å². The van der Waals surface area contributed by atoms with Crippen LogP contribution in [0, 0.1) is 19.7 Å².